The van der Waals surface area contributed by atoms with Crippen LogP contribution >= 0.6 is 22.6 Å². The van der Waals surface area contributed by atoms with Crippen LogP contribution in [0.5, 0.6) is 0 Å². The first-order chi connectivity index (χ1) is 13.2. The Morgan fingerprint density at radius 1 is 1.29 bits per heavy atom. The number of hydrogen-bond donors (Lipinski definition) is 3. The Bertz CT molecular complexity index is 829. The number of carbonyl (C=O) groups is 2. The molecule has 28 heavy (non-hydrogen) atoms. The average Bonchev–Trinajstić information content (AvgIpc) is 3.45. The summed E-state index contributed by atoms with van der Waals surface area (Å²) in [7, 11) is 2.12. The normalized spacial score (nSPS) is 42.9. The molecule has 2 saturated carbocycles. The van der Waals surface area contributed by atoms with Crippen molar-refractivity contribution in [2.75, 3.05) is 26.7 Å². The van der Waals surface area contributed by atoms with Gasteiger partial charge < -0.3 is 19.8 Å². The van der Waals surface area contributed by atoms with E-state index in [4.69, 9.17) is 0 Å². The Morgan fingerprint density at radius 2 is 2.00 bits per heavy atom. The van der Waals surface area contributed by atoms with Crippen LogP contribution < -0.4 is 0 Å². The maximum absolute atomic E-state index is 12.6. The van der Waals surface area contributed by atoms with E-state index < -0.39 is 28.7 Å². The van der Waals surface area contributed by atoms with Crippen molar-refractivity contribution in [1.29, 1.82) is 0 Å². The molecule has 3 aliphatic carbocycles. The highest BCUT2D eigenvalue weighted by Crippen LogP contribution is 2.58. The first-order valence-electron chi connectivity index (χ1n) is 9.89. The van der Waals surface area contributed by atoms with Crippen molar-refractivity contribution in [3.05, 3.63) is 33.1 Å². The zero-order valence-corrected chi connectivity index (χ0v) is 18.2. The zero-order valence-electron chi connectivity index (χ0n) is 16.0. The third-order valence-corrected chi connectivity index (χ3v) is 7.88. The number of carbonyl (C=O) groups excluding carboxylic acids is 2. The van der Waals surface area contributed by atoms with Crippen molar-refractivity contribution >= 4 is 34.2 Å². The third-order valence-electron chi connectivity index (χ3n) is 7.21. The summed E-state index contributed by atoms with van der Waals surface area (Å²) < 4.78 is 2.41. The zero-order chi connectivity index (χ0) is 20.3. The lowest BCUT2D eigenvalue weighted by Crippen LogP contribution is -2.73. The van der Waals surface area contributed by atoms with Gasteiger partial charge in [-0.3, -0.25) is 9.59 Å². The summed E-state index contributed by atoms with van der Waals surface area (Å²) >= 11 is 2.02. The Kier molecular flexibility index (Phi) is 4.88. The predicted molar refractivity (Wildman–Crippen MR) is 112 cm³/mol. The Balaban J connectivity index is 1.86. The summed E-state index contributed by atoms with van der Waals surface area (Å²) in [4.78, 5) is 24.9. The number of quaternary nitrogens is 1. The van der Waals surface area contributed by atoms with Gasteiger partial charge in [-0.25, -0.2) is 0 Å². The Hall–Kier alpha value is -1.03. The van der Waals surface area contributed by atoms with E-state index in [1.165, 1.54) is 18.9 Å². The van der Waals surface area contributed by atoms with Crippen LogP contribution in [0.4, 0.5) is 0 Å². The molecule has 7 heteroatoms. The van der Waals surface area contributed by atoms with Gasteiger partial charge in [0.05, 0.1) is 25.6 Å². The molecule has 1 saturated heterocycles. The van der Waals surface area contributed by atoms with Gasteiger partial charge in [0, 0.05) is 24.3 Å². The van der Waals surface area contributed by atoms with Crippen LogP contribution in [0.1, 0.15) is 32.1 Å². The molecule has 0 aromatic carbocycles. The van der Waals surface area contributed by atoms with Gasteiger partial charge in [0.15, 0.2) is 11.5 Å². The molecule has 3 unspecified atom stereocenters. The molecule has 152 valence electrons. The summed E-state index contributed by atoms with van der Waals surface area (Å²) in [5, 5.41) is 33.8. The molecule has 0 radical (unpaired) electrons. The number of piperidine rings is 1. The molecule has 4 aliphatic rings. The van der Waals surface area contributed by atoms with Gasteiger partial charge >= 0.3 is 0 Å². The number of rotatable bonds is 3. The molecule has 1 heterocycles. The number of ketones is 2. The number of aliphatic hydroxyl groups excluding tert-OH is 2. The first-order valence-corrected chi connectivity index (χ1v) is 11.1. The molecule has 4 atom stereocenters. The maximum Gasteiger partial charge on any atom is 0.220 e. The number of nitrogens with zero attached hydrogens (tertiary/aromatic N) is 1. The van der Waals surface area contributed by atoms with Gasteiger partial charge in [0.2, 0.25) is 5.78 Å². The number of fused-ring (bicyclic) bond motifs is 1. The van der Waals surface area contributed by atoms with Crippen LogP contribution in [-0.2, 0) is 9.59 Å². The Labute approximate surface area is 178 Å². The van der Waals surface area contributed by atoms with Crippen LogP contribution in [0.2, 0.25) is 0 Å². The minimum absolute atomic E-state index is 0.101. The molecule has 0 aromatic rings. The number of Topliss-reactive ketones (excluding diaryl/α,β-unsaturated/α-hetero) is 1. The number of likely N-dealkylation sites (N-methyl/N-ethyl adjacent to an activating group) is 1. The van der Waals surface area contributed by atoms with E-state index in [0.29, 0.717) is 35.5 Å². The molecule has 0 amide bonds. The standard InChI is InChI=1S/C21H26INO5/c1-23(11-13-2-3-13)9-8-21(17-14(10-22)4-5-15(24)18(17)26)19(27)16(25)6-7-20(21,28)12-23/h4-5,10,13,19,27-28H,2-3,6-9,11-12H2,1H3/p+1/b14-10-/t19?,20?,21-,23?/m0/s1. The summed E-state index contributed by atoms with van der Waals surface area (Å²) in [6.07, 6.45) is 4.53. The van der Waals surface area contributed by atoms with E-state index >= 15 is 0 Å². The fraction of sp³-hybridized carbons (Fsp3) is 0.619. The molecule has 3 fully saturated rings. The second kappa shape index (κ2) is 6.75. The van der Waals surface area contributed by atoms with E-state index in [1.807, 2.05) is 22.6 Å². The van der Waals surface area contributed by atoms with Crippen LogP contribution in [-0.4, -0.2) is 69.8 Å². The van der Waals surface area contributed by atoms with Gasteiger partial charge in [0.1, 0.15) is 18.2 Å². The van der Waals surface area contributed by atoms with E-state index in [-0.39, 0.29) is 24.2 Å². The van der Waals surface area contributed by atoms with Gasteiger partial charge in [-0.1, -0.05) is 28.7 Å². The SMILES string of the molecule is C[N+]1(CC2CC2)CC[C@]2(C3=C(O)C(=O)C=C/C3=C/I)C(O)C(=O)CCC2(O)C1. The summed E-state index contributed by atoms with van der Waals surface area (Å²) in [5.74, 6) is -0.679. The number of allylic oxidation sites excluding steroid dienone is 3. The van der Waals surface area contributed by atoms with Crippen LogP contribution in [0.15, 0.2) is 33.1 Å². The molecular formula is C21H27INO5+. The van der Waals surface area contributed by atoms with Crippen LogP contribution in [0.25, 0.3) is 0 Å². The number of halogens is 1. The van der Waals surface area contributed by atoms with Crippen molar-refractivity contribution < 1.29 is 29.4 Å². The summed E-state index contributed by atoms with van der Waals surface area (Å²) in [5.41, 5.74) is -1.94. The summed E-state index contributed by atoms with van der Waals surface area (Å²) in [6.45, 7) is 2.05. The largest absolute Gasteiger partial charge is 0.504 e. The van der Waals surface area contributed by atoms with Crippen molar-refractivity contribution in [3.8, 4) is 0 Å². The second-order valence-corrected chi connectivity index (χ2v) is 9.86. The molecule has 0 spiro atoms. The van der Waals surface area contributed by atoms with E-state index in [0.717, 1.165) is 6.54 Å². The molecule has 0 aromatic heterocycles. The molecular weight excluding hydrogens is 473 g/mol. The molecule has 3 N–H and O–H groups in total. The quantitative estimate of drug-likeness (QED) is 0.407. The number of aliphatic hydroxyl groups is 3. The lowest BCUT2D eigenvalue weighted by Gasteiger charge is -2.60. The minimum atomic E-state index is -1.44. The number of hydrogen-bond acceptors (Lipinski definition) is 5. The Morgan fingerprint density at radius 3 is 2.64 bits per heavy atom. The minimum Gasteiger partial charge on any atom is -0.504 e. The van der Waals surface area contributed by atoms with Gasteiger partial charge in [-0.2, -0.15) is 0 Å². The highest BCUT2D eigenvalue weighted by Gasteiger charge is 2.68. The average molecular weight is 500 g/mol. The first kappa shape index (κ1) is 20.3. The molecule has 1 aliphatic heterocycles. The third kappa shape index (κ3) is 2.93. The number of likely N-dealkylation sites (tertiary alicyclic amines) is 1. The predicted octanol–water partition coefficient (Wildman–Crippen LogP) is 1.96. The second-order valence-electron chi connectivity index (χ2n) is 9.23. The van der Waals surface area contributed by atoms with Gasteiger partial charge in [-0.05, 0) is 35.0 Å². The topological polar surface area (TPSA) is 94.8 Å². The van der Waals surface area contributed by atoms with Crippen molar-refractivity contribution in [2.24, 2.45) is 11.3 Å². The van der Waals surface area contributed by atoms with E-state index in [1.54, 1.807) is 10.2 Å². The fourth-order valence-electron chi connectivity index (χ4n) is 5.69. The molecule has 0 bridgehead atoms. The maximum atomic E-state index is 12.6. The molecule has 6 nitrogen and oxygen atoms in total. The lowest BCUT2D eigenvalue weighted by molar-refractivity contribution is -0.926. The van der Waals surface area contributed by atoms with E-state index in [9.17, 15) is 24.9 Å². The van der Waals surface area contributed by atoms with Crippen molar-refractivity contribution in [2.45, 2.75) is 43.8 Å². The van der Waals surface area contributed by atoms with Gasteiger partial charge in [-0.15, -0.1) is 0 Å². The summed E-state index contributed by atoms with van der Waals surface area (Å²) in [6, 6.07) is 0. The van der Waals surface area contributed by atoms with Gasteiger partial charge in [0.25, 0.3) is 0 Å². The molecule has 4 rings (SSSR count). The smallest absolute Gasteiger partial charge is 0.220 e. The highest BCUT2D eigenvalue weighted by atomic mass is 127. The van der Waals surface area contributed by atoms with Crippen LogP contribution in [0, 0.1) is 11.3 Å². The van der Waals surface area contributed by atoms with E-state index in [2.05, 4.69) is 7.05 Å². The van der Waals surface area contributed by atoms with Crippen LogP contribution in [0.3, 0.4) is 0 Å². The fourth-order valence-corrected chi connectivity index (χ4v) is 6.21. The monoisotopic (exact) mass is 500 g/mol. The van der Waals surface area contributed by atoms with Crippen molar-refractivity contribution in [1.82, 2.24) is 0 Å². The van der Waals surface area contributed by atoms with Crippen molar-refractivity contribution in [3.63, 3.8) is 0 Å². The lowest BCUT2D eigenvalue weighted by atomic mass is 9.52. The highest BCUT2D eigenvalue weighted by molar-refractivity contribution is 14.1.